The average Bonchev–Trinajstić information content (AvgIpc) is 2.49. The summed E-state index contributed by atoms with van der Waals surface area (Å²) in [5.41, 5.74) is 0. The van der Waals surface area contributed by atoms with E-state index in [1.807, 2.05) is 27.7 Å². The van der Waals surface area contributed by atoms with Crippen molar-refractivity contribution in [1.29, 1.82) is 0 Å². The topological polar surface area (TPSA) is 54.0 Å². The van der Waals surface area contributed by atoms with Gasteiger partial charge in [-0.05, 0) is 35.9 Å². The molecule has 1 atom stereocenters. The molecule has 0 saturated carbocycles. The lowest BCUT2D eigenvalue weighted by Gasteiger charge is -2.57. The first-order valence-corrected chi connectivity index (χ1v) is 14.9. The predicted octanol–water partition coefficient (Wildman–Crippen LogP) is 6.56. The van der Waals surface area contributed by atoms with Crippen molar-refractivity contribution in [2.75, 3.05) is 19.8 Å². The van der Waals surface area contributed by atoms with E-state index in [0.29, 0.717) is 25.9 Å². The van der Waals surface area contributed by atoms with Gasteiger partial charge in [0.25, 0.3) is 14.3 Å². The Bertz CT molecular complexity index is 462. The fourth-order valence-corrected chi connectivity index (χ4v) is 16.5. The molecule has 0 heterocycles. The summed E-state index contributed by atoms with van der Waals surface area (Å²) in [5, 5.41) is -0.354. The molecular weight excluding hydrogens is 400 g/mol. The molecule has 0 saturated heterocycles. The van der Waals surface area contributed by atoms with Crippen molar-refractivity contribution in [1.82, 2.24) is 0 Å². The molecule has 0 spiro atoms. The second kappa shape index (κ2) is 10.4. The van der Waals surface area contributed by atoms with Gasteiger partial charge in [-0.25, -0.2) is 0 Å². The van der Waals surface area contributed by atoms with Crippen molar-refractivity contribution < 1.29 is 22.5 Å². The van der Waals surface area contributed by atoms with Crippen molar-refractivity contribution in [3.8, 4) is 0 Å². The van der Waals surface area contributed by atoms with Gasteiger partial charge in [-0.15, -0.1) is 0 Å². The number of rotatable bonds is 10. The molecule has 0 N–H and O–H groups in total. The van der Waals surface area contributed by atoms with E-state index in [4.69, 9.17) is 17.7 Å². The number of carbonyl (C=O) groups excluding carboxylic acids is 1. The van der Waals surface area contributed by atoms with Gasteiger partial charge < -0.3 is 17.7 Å². The van der Waals surface area contributed by atoms with E-state index in [9.17, 15) is 4.79 Å². The number of carbonyl (C=O) groups is 1. The second-order valence-corrected chi connectivity index (χ2v) is 19.6. The zero-order valence-electron chi connectivity index (χ0n) is 21.4. The van der Waals surface area contributed by atoms with Crippen LogP contribution in [0.2, 0.25) is 21.2 Å². The molecule has 174 valence electrons. The largest absolute Gasteiger partial charge is 0.517 e. The van der Waals surface area contributed by atoms with Gasteiger partial charge >= 0.3 is 8.80 Å². The van der Waals surface area contributed by atoms with Crippen LogP contribution in [0.4, 0.5) is 0 Å². The normalized spacial score (nSPS) is 15.3. The lowest BCUT2D eigenvalue weighted by atomic mass is 10.2. The van der Waals surface area contributed by atoms with Crippen molar-refractivity contribution >= 4 is 23.1 Å². The van der Waals surface area contributed by atoms with Crippen LogP contribution in [0.15, 0.2) is 0 Å². The Hall–Kier alpha value is -0.216. The first-order chi connectivity index (χ1) is 12.9. The van der Waals surface area contributed by atoms with Gasteiger partial charge in [0.1, 0.15) is 0 Å². The summed E-state index contributed by atoms with van der Waals surface area (Å²) in [6.07, 6.45) is 0. The van der Waals surface area contributed by atoms with Crippen LogP contribution >= 0.6 is 0 Å². The Labute approximate surface area is 182 Å². The third-order valence-corrected chi connectivity index (χ3v) is 15.6. The standard InChI is InChI=1S/C22H48O5Si2/c1-14-24-28(25-15-2,26-16-3)17-18(4)19(23)27-29(20(5,6)7,21(8,9)10)22(11,12)13/h18H,14-17H2,1-13H3. The van der Waals surface area contributed by atoms with E-state index in [1.165, 1.54) is 0 Å². The molecule has 0 aromatic rings. The van der Waals surface area contributed by atoms with Crippen LogP contribution in [-0.4, -0.2) is 42.9 Å². The molecule has 5 nitrogen and oxygen atoms in total. The third kappa shape index (κ3) is 6.63. The van der Waals surface area contributed by atoms with Crippen LogP contribution in [-0.2, 0) is 22.5 Å². The van der Waals surface area contributed by atoms with Crippen LogP contribution in [0.1, 0.15) is 90.0 Å². The molecule has 0 radical (unpaired) electrons. The molecule has 0 aliphatic carbocycles. The van der Waals surface area contributed by atoms with Crippen molar-refractivity contribution in [3.05, 3.63) is 0 Å². The minimum absolute atomic E-state index is 0.118. The summed E-state index contributed by atoms with van der Waals surface area (Å²) < 4.78 is 24.5. The van der Waals surface area contributed by atoms with E-state index < -0.39 is 17.1 Å². The highest BCUT2D eigenvalue weighted by Gasteiger charge is 2.64. The van der Waals surface area contributed by atoms with Gasteiger partial charge in [0.05, 0.1) is 5.92 Å². The van der Waals surface area contributed by atoms with Gasteiger partial charge in [-0.3, -0.25) is 4.79 Å². The molecule has 1 unspecified atom stereocenters. The highest BCUT2D eigenvalue weighted by molar-refractivity contribution is 6.83. The smallest absolute Gasteiger partial charge is 0.501 e. The molecule has 29 heavy (non-hydrogen) atoms. The van der Waals surface area contributed by atoms with Crippen LogP contribution in [0, 0.1) is 5.92 Å². The minimum Gasteiger partial charge on any atom is -0.517 e. The van der Waals surface area contributed by atoms with Gasteiger partial charge in [0.15, 0.2) is 0 Å². The summed E-state index contributed by atoms with van der Waals surface area (Å²) in [4.78, 5) is 13.5. The van der Waals surface area contributed by atoms with Crippen LogP contribution in [0.3, 0.4) is 0 Å². The molecule has 0 fully saturated rings. The molecular formula is C22H48O5Si2. The lowest BCUT2D eigenvalue weighted by Crippen LogP contribution is -2.62. The van der Waals surface area contributed by atoms with E-state index in [2.05, 4.69) is 62.3 Å². The summed E-state index contributed by atoms with van der Waals surface area (Å²) in [6.45, 7) is 29.1. The maximum Gasteiger partial charge on any atom is 0.501 e. The van der Waals surface area contributed by atoms with E-state index in [0.717, 1.165) is 0 Å². The SMILES string of the molecule is CCO[Si](CC(C)C(=O)O[Si](C(C)(C)C)(C(C)(C)C)C(C)(C)C)(OCC)OCC. The minimum atomic E-state index is -2.92. The fourth-order valence-electron chi connectivity index (χ4n) is 5.51. The molecule has 7 heteroatoms. The molecule has 0 aromatic heterocycles. The monoisotopic (exact) mass is 448 g/mol. The Morgan fingerprint density at radius 1 is 0.724 bits per heavy atom. The zero-order valence-corrected chi connectivity index (χ0v) is 23.4. The first-order valence-electron chi connectivity index (χ1n) is 11.1. The maximum atomic E-state index is 13.5. The summed E-state index contributed by atoms with van der Waals surface area (Å²) >= 11 is 0. The summed E-state index contributed by atoms with van der Waals surface area (Å²) in [6, 6.07) is 0.435. The molecule has 0 rings (SSSR count). The molecule has 0 aliphatic rings. The maximum absolute atomic E-state index is 13.5. The Morgan fingerprint density at radius 3 is 1.28 bits per heavy atom. The van der Waals surface area contributed by atoms with Gasteiger partial charge in [0, 0.05) is 25.9 Å². The quantitative estimate of drug-likeness (QED) is 0.354. The highest BCUT2D eigenvalue weighted by Crippen LogP contribution is 2.62. The van der Waals surface area contributed by atoms with Gasteiger partial charge in [0.2, 0.25) is 0 Å². The Kier molecular flexibility index (Phi) is 10.3. The molecule has 0 aromatic carbocycles. The highest BCUT2D eigenvalue weighted by atomic mass is 28.4. The van der Waals surface area contributed by atoms with E-state index in [1.54, 1.807) is 0 Å². The average molecular weight is 449 g/mol. The number of hydrogen-bond acceptors (Lipinski definition) is 5. The number of hydrogen-bond donors (Lipinski definition) is 0. The molecule has 0 amide bonds. The van der Waals surface area contributed by atoms with E-state index >= 15 is 0 Å². The predicted molar refractivity (Wildman–Crippen MR) is 126 cm³/mol. The fraction of sp³-hybridized carbons (Fsp3) is 0.955. The van der Waals surface area contributed by atoms with Gasteiger partial charge in [-0.1, -0.05) is 69.2 Å². The third-order valence-electron chi connectivity index (χ3n) is 5.47. The summed E-state index contributed by atoms with van der Waals surface area (Å²) in [5.74, 6) is -0.516. The van der Waals surface area contributed by atoms with Crippen molar-refractivity contribution in [2.24, 2.45) is 5.92 Å². The van der Waals surface area contributed by atoms with Crippen LogP contribution < -0.4 is 0 Å². The van der Waals surface area contributed by atoms with Gasteiger partial charge in [-0.2, -0.15) is 0 Å². The summed E-state index contributed by atoms with van der Waals surface area (Å²) in [7, 11) is -5.53. The van der Waals surface area contributed by atoms with Crippen LogP contribution in [0.25, 0.3) is 0 Å². The first kappa shape index (κ1) is 28.8. The zero-order chi connectivity index (χ0) is 23.3. The van der Waals surface area contributed by atoms with Crippen molar-refractivity contribution in [2.45, 2.75) is 111 Å². The Morgan fingerprint density at radius 2 is 1.03 bits per heavy atom. The van der Waals surface area contributed by atoms with Crippen molar-refractivity contribution in [3.63, 3.8) is 0 Å². The molecule has 0 bridgehead atoms. The molecule has 0 aliphatic heterocycles. The Balaban J connectivity index is 5.99. The lowest BCUT2D eigenvalue weighted by molar-refractivity contribution is -0.140. The van der Waals surface area contributed by atoms with Crippen LogP contribution in [0.5, 0.6) is 0 Å². The van der Waals surface area contributed by atoms with E-state index in [-0.39, 0.29) is 27.0 Å². The second-order valence-electron chi connectivity index (χ2n) is 10.9.